The fourth-order valence-electron chi connectivity index (χ4n) is 5.35. The van der Waals surface area contributed by atoms with Crippen LogP contribution in [0.1, 0.15) is 44.1 Å². The maximum atomic E-state index is 13.1. The minimum absolute atomic E-state index is 0.0109. The van der Waals surface area contributed by atoms with Crippen LogP contribution in [0.4, 0.5) is 5.69 Å². The van der Waals surface area contributed by atoms with E-state index in [0.29, 0.717) is 44.3 Å². The van der Waals surface area contributed by atoms with E-state index < -0.39 is 5.92 Å². The third-order valence-corrected chi connectivity index (χ3v) is 7.39. The van der Waals surface area contributed by atoms with Crippen molar-refractivity contribution in [3.63, 3.8) is 0 Å². The third kappa shape index (κ3) is 5.03. The second-order valence-corrected chi connectivity index (χ2v) is 9.71. The lowest BCUT2D eigenvalue weighted by molar-refractivity contribution is -0.134. The zero-order valence-electron chi connectivity index (χ0n) is 20.7. The topological polar surface area (TPSA) is 88.2 Å². The summed E-state index contributed by atoms with van der Waals surface area (Å²) in [5.41, 5.74) is 1.77. The van der Waals surface area contributed by atoms with Gasteiger partial charge in [-0.2, -0.15) is 0 Å². The summed E-state index contributed by atoms with van der Waals surface area (Å²) in [6.07, 6.45) is 2.38. The average Bonchev–Trinajstić information content (AvgIpc) is 3.31. The summed E-state index contributed by atoms with van der Waals surface area (Å²) in [5.74, 6) is 0.761. The number of hydrogen-bond donors (Lipinski definition) is 1. The van der Waals surface area contributed by atoms with Gasteiger partial charge in [0.05, 0.1) is 11.8 Å². The summed E-state index contributed by atoms with van der Waals surface area (Å²) >= 11 is 0. The summed E-state index contributed by atoms with van der Waals surface area (Å²) in [4.78, 5) is 42.4. The molecule has 2 saturated heterocycles. The molecule has 0 saturated carbocycles. The maximum Gasteiger partial charge on any atom is 0.230 e. The standard InChI is InChI=1S/C28H33N3O5/c1-2-23(19-6-4-3-5-7-19)28(34)30-12-10-21(11-13-30)29-27(33)20-16-26(32)31(18-20)22-8-9-24-25(17-22)36-15-14-35-24/h3-9,17,20-21,23H,2,10-16,18H2,1H3,(H,29,33). The number of likely N-dealkylation sites (tertiary alicyclic amines) is 1. The summed E-state index contributed by atoms with van der Waals surface area (Å²) in [5, 5.41) is 3.14. The molecule has 3 amide bonds. The second-order valence-electron chi connectivity index (χ2n) is 9.71. The van der Waals surface area contributed by atoms with Crippen molar-refractivity contribution in [1.82, 2.24) is 10.2 Å². The predicted molar refractivity (Wildman–Crippen MR) is 135 cm³/mol. The van der Waals surface area contributed by atoms with Crippen molar-refractivity contribution in [2.45, 2.75) is 44.6 Å². The molecule has 2 aromatic rings. The molecule has 8 heteroatoms. The lowest BCUT2D eigenvalue weighted by Gasteiger charge is -2.35. The largest absolute Gasteiger partial charge is 0.486 e. The Kier molecular flexibility index (Phi) is 7.11. The number of ether oxygens (including phenoxy) is 2. The zero-order chi connectivity index (χ0) is 25.1. The molecule has 0 spiro atoms. The van der Waals surface area contributed by atoms with E-state index in [4.69, 9.17) is 9.47 Å². The highest BCUT2D eigenvalue weighted by Gasteiger charge is 2.37. The molecule has 0 aromatic heterocycles. The maximum absolute atomic E-state index is 13.1. The number of nitrogens with zero attached hydrogens (tertiary/aromatic N) is 2. The van der Waals surface area contributed by atoms with Gasteiger partial charge in [0.15, 0.2) is 11.5 Å². The number of anilines is 1. The van der Waals surface area contributed by atoms with Gasteiger partial charge in [-0.15, -0.1) is 0 Å². The quantitative estimate of drug-likeness (QED) is 0.671. The predicted octanol–water partition coefficient (Wildman–Crippen LogP) is 3.11. The molecule has 2 atom stereocenters. The van der Waals surface area contributed by atoms with Crippen molar-refractivity contribution in [3.8, 4) is 11.5 Å². The Hall–Kier alpha value is -3.55. The number of hydrogen-bond acceptors (Lipinski definition) is 5. The minimum Gasteiger partial charge on any atom is -0.486 e. The lowest BCUT2D eigenvalue weighted by atomic mass is 9.93. The molecule has 1 N–H and O–H groups in total. The van der Waals surface area contributed by atoms with Crippen LogP contribution in [0.15, 0.2) is 48.5 Å². The number of amides is 3. The van der Waals surface area contributed by atoms with E-state index >= 15 is 0 Å². The highest BCUT2D eigenvalue weighted by atomic mass is 16.6. The molecule has 0 aliphatic carbocycles. The Morgan fingerprint density at radius 1 is 1.03 bits per heavy atom. The van der Waals surface area contributed by atoms with Crippen molar-refractivity contribution in [2.75, 3.05) is 37.7 Å². The van der Waals surface area contributed by atoms with Crippen LogP contribution in [0.2, 0.25) is 0 Å². The van der Waals surface area contributed by atoms with Gasteiger partial charge in [0.2, 0.25) is 17.7 Å². The van der Waals surface area contributed by atoms with Crippen molar-refractivity contribution in [3.05, 3.63) is 54.1 Å². The molecule has 2 fully saturated rings. The summed E-state index contributed by atoms with van der Waals surface area (Å²) in [6, 6.07) is 15.4. The van der Waals surface area contributed by atoms with E-state index in [1.54, 1.807) is 17.0 Å². The Morgan fingerprint density at radius 2 is 1.75 bits per heavy atom. The minimum atomic E-state index is -0.395. The molecule has 190 valence electrons. The van der Waals surface area contributed by atoms with E-state index in [0.717, 1.165) is 30.5 Å². The Bertz CT molecular complexity index is 1110. The van der Waals surface area contributed by atoms with Crippen molar-refractivity contribution < 1.29 is 23.9 Å². The SMILES string of the molecule is CCC(C(=O)N1CCC(NC(=O)C2CC(=O)N(c3ccc4c(c3)OCCO4)C2)CC1)c1ccccc1. The van der Waals surface area contributed by atoms with E-state index in [1.165, 1.54) is 0 Å². The number of piperidine rings is 1. The third-order valence-electron chi connectivity index (χ3n) is 7.39. The average molecular weight is 492 g/mol. The first-order valence-electron chi connectivity index (χ1n) is 12.9. The van der Waals surface area contributed by atoms with Gasteiger partial charge in [-0.25, -0.2) is 0 Å². The van der Waals surface area contributed by atoms with Crippen molar-refractivity contribution >= 4 is 23.4 Å². The number of carbonyl (C=O) groups is 3. The lowest BCUT2D eigenvalue weighted by Crippen LogP contribution is -2.49. The van der Waals surface area contributed by atoms with Gasteiger partial charge in [0.25, 0.3) is 0 Å². The van der Waals surface area contributed by atoms with Crippen molar-refractivity contribution in [2.24, 2.45) is 5.92 Å². The van der Waals surface area contributed by atoms with E-state index in [1.807, 2.05) is 48.2 Å². The van der Waals surface area contributed by atoms with E-state index in [9.17, 15) is 14.4 Å². The van der Waals surface area contributed by atoms with Crippen LogP contribution in [0.5, 0.6) is 11.5 Å². The van der Waals surface area contributed by atoms with Crippen LogP contribution in [0.25, 0.3) is 0 Å². The van der Waals surface area contributed by atoms with Gasteiger partial charge in [-0.05, 0) is 37.0 Å². The molecule has 0 radical (unpaired) electrons. The zero-order valence-corrected chi connectivity index (χ0v) is 20.7. The van der Waals surface area contributed by atoms with Crippen LogP contribution >= 0.6 is 0 Å². The van der Waals surface area contributed by atoms with Crippen LogP contribution in [-0.2, 0) is 14.4 Å². The molecular formula is C28H33N3O5. The van der Waals surface area contributed by atoms with E-state index in [-0.39, 0.29) is 36.1 Å². The first kappa shape index (κ1) is 24.2. The Morgan fingerprint density at radius 3 is 2.47 bits per heavy atom. The number of carbonyl (C=O) groups excluding carboxylic acids is 3. The van der Waals surface area contributed by atoms with Crippen LogP contribution in [0.3, 0.4) is 0 Å². The fraction of sp³-hybridized carbons (Fsp3) is 0.464. The van der Waals surface area contributed by atoms with Gasteiger partial charge in [-0.3, -0.25) is 14.4 Å². The number of nitrogens with one attached hydrogen (secondary N) is 1. The van der Waals surface area contributed by atoms with Gasteiger partial charge in [-0.1, -0.05) is 37.3 Å². The number of fused-ring (bicyclic) bond motifs is 1. The molecule has 8 nitrogen and oxygen atoms in total. The summed E-state index contributed by atoms with van der Waals surface area (Å²) in [6.45, 7) is 4.62. The molecule has 3 heterocycles. The van der Waals surface area contributed by atoms with Gasteiger partial charge >= 0.3 is 0 Å². The normalized spacial score (nSPS) is 20.8. The molecule has 2 aromatic carbocycles. The molecule has 3 aliphatic rings. The molecular weight excluding hydrogens is 458 g/mol. The second kappa shape index (κ2) is 10.6. The highest BCUT2D eigenvalue weighted by Crippen LogP contribution is 2.36. The van der Waals surface area contributed by atoms with Gasteiger partial charge in [0.1, 0.15) is 13.2 Å². The highest BCUT2D eigenvalue weighted by molar-refractivity contribution is 6.00. The summed E-state index contributed by atoms with van der Waals surface area (Å²) in [7, 11) is 0. The van der Waals surface area contributed by atoms with Crippen LogP contribution in [-0.4, -0.2) is 61.5 Å². The molecule has 36 heavy (non-hydrogen) atoms. The summed E-state index contributed by atoms with van der Waals surface area (Å²) < 4.78 is 11.2. The van der Waals surface area contributed by atoms with Gasteiger partial charge < -0.3 is 24.6 Å². The van der Waals surface area contributed by atoms with Crippen LogP contribution < -0.4 is 19.7 Å². The first-order chi connectivity index (χ1) is 17.5. The Balaban J connectivity index is 1.13. The number of benzene rings is 2. The smallest absolute Gasteiger partial charge is 0.230 e. The molecule has 5 rings (SSSR count). The van der Waals surface area contributed by atoms with Crippen molar-refractivity contribution in [1.29, 1.82) is 0 Å². The first-order valence-corrected chi connectivity index (χ1v) is 12.9. The molecule has 3 aliphatic heterocycles. The molecule has 2 unspecified atom stereocenters. The fourth-order valence-corrected chi connectivity index (χ4v) is 5.35. The van der Waals surface area contributed by atoms with Gasteiger partial charge in [0, 0.05) is 43.9 Å². The Labute approximate surface area is 211 Å². The van der Waals surface area contributed by atoms with E-state index in [2.05, 4.69) is 5.32 Å². The monoisotopic (exact) mass is 491 g/mol. The number of rotatable bonds is 6. The molecule has 0 bridgehead atoms. The van der Waals surface area contributed by atoms with Crippen LogP contribution in [0, 0.1) is 5.92 Å².